The zero-order valence-electron chi connectivity index (χ0n) is 16.6. The molecular formula is C21H34N4O2+2. The van der Waals surface area contributed by atoms with E-state index in [9.17, 15) is 9.59 Å². The number of benzene rings is 1. The molecule has 0 aromatic heterocycles. The molecule has 1 aromatic rings. The van der Waals surface area contributed by atoms with Gasteiger partial charge in [0.25, 0.3) is 5.91 Å². The lowest BCUT2D eigenvalue weighted by molar-refractivity contribution is -1.01. The second kappa shape index (κ2) is 11.5. The van der Waals surface area contributed by atoms with Crippen molar-refractivity contribution >= 4 is 17.9 Å². The quantitative estimate of drug-likeness (QED) is 0.426. The Balaban J connectivity index is 1.64. The van der Waals surface area contributed by atoms with E-state index in [1.165, 1.54) is 10.5 Å². The van der Waals surface area contributed by atoms with E-state index in [-0.39, 0.29) is 11.8 Å². The highest BCUT2D eigenvalue weighted by atomic mass is 16.2. The zero-order valence-corrected chi connectivity index (χ0v) is 16.6. The predicted octanol–water partition coefficient (Wildman–Crippen LogP) is -1.49. The van der Waals surface area contributed by atoms with Gasteiger partial charge in [-0.15, -0.1) is 0 Å². The molecule has 6 nitrogen and oxygen atoms in total. The Labute approximate surface area is 162 Å². The molecule has 1 saturated heterocycles. The van der Waals surface area contributed by atoms with Crippen molar-refractivity contribution in [3.8, 4) is 0 Å². The lowest BCUT2D eigenvalue weighted by atomic mass is 10.2. The summed E-state index contributed by atoms with van der Waals surface area (Å²) in [7, 11) is 0. The molecule has 148 valence electrons. The summed E-state index contributed by atoms with van der Waals surface area (Å²) in [5.41, 5.74) is 1.23. The monoisotopic (exact) mass is 374 g/mol. The maximum atomic E-state index is 12.2. The van der Waals surface area contributed by atoms with Crippen LogP contribution in [0.4, 0.5) is 0 Å². The Bertz CT molecular complexity index is 610. The number of quaternary nitrogens is 2. The molecule has 2 rings (SSSR count). The van der Waals surface area contributed by atoms with E-state index in [0.29, 0.717) is 13.1 Å². The standard InChI is InChI=1S/C21H32N4O2/c1-3-11-22-21(27)18(2)23-20(26)17-25-15-13-24(14-16-25)12-7-10-19-8-5-4-6-9-19/h4-10,18H,3,11-17H2,1-2H3,(H,22,27)(H,23,26)/p+2/b10-7+/t18-/m1/s1. The number of carbonyl (C=O) groups is 2. The van der Waals surface area contributed by atoms with Crippen LogP contribution in [0.1, 0.15) is 25.8 Å². The smallest absolute Gasteiger partial charge is 0.275 e. The van der Waals surface area contributed by atoms with Gasteiger partial charge in [0.15, 0.2) is 6.54 Å². The SMILES string of the molecule is CCCNC(=O)[C@@H](C)NC(=O)C[NH+]1CC[NH+](C/C=C/c2ccccc2)CC1. The minimum Gasteiger partial charge on any atom is -0.354 e. The fourth-order valence-electron chi connectivity index (χ4n) is 3.25. The summed E-state index contributed by atoms with van der Waals surface area (Å²) in [5, 5.41) is 5.62. The summed E-state index contributed by atoms with van der Waals surface area (Å²) in [5.74, 6) is -0.156. The third kappa shape index (κ3) is 7.93. The normalized spacial score (nSPS) is 21.0. The van der Waals surface area contributed by atoms with Crippen molar-refractivity contribution in [3.05, 3.63) is 42.0 Å². The van der Waals surface area contributed by atoms with Crippen LogP contribution in [0.25, 0.3) is 6.08 Å². The van der Waals surface area contributed by atoms with Gasteiger partial charge in [-0.3, -0.25) is 9.59 Å². The molecule has 1 atom stereocenters. The topological polar surface area (TPSA) is 67.1 Å². The summed E-state index contributed by atoms with van der Waals surface area (Å²) in [6.07, 6.45) is 5.30. The summed E-state index contributed by atoms with van der Waals surface area (Å²) in [4.78, 5) is 26.9. The largest absolute Gasteiger partial charge is 0.354 e. The lowest BCUT2D eigenvalue weighted by Gasteiger charge is -2.29. The second-order valence-electron chi connectivity index (χ2n) is 7.27. The van der Waals surface area contributed by atoms with Crippen molar-refractivity contribution in [3.63, 3.8) is 0 Å². The minimum atomic E-state index is -0.474. The molecule has 2 amide bonds. The first kappa shape index (κ1) is 21.1. The predicted molar refractivity (Wildman–Crippen MR) is 108 cm³/mol. The van der Waals surface area contributed by atoms with Gasteiger partial charge >= 0.3 is 0 Å². The van der Waals surface area contributed by atoms with E-state index in [4.69, 9.17) is 0 Å². The maximum absolute atomic E-state index is 12.2. The van der Waals surface area contributed by atoms with Gasteiger partial charge in [0.1, 0.15) is 32.2 Å². The van der Waals surface area contributed by atoms with Crippen molar-refractivity contribution in [1.82, 2.24) is 10.6 Å². The molecule has 1 aliphatic heterocycles. The Hall–Kier alpha value is -2.18. The molecule has 1 fully saturated rings. The van der Waals surface area contributed by atoms with Crippen LogP contribution in [0, 0.1) is 0 Å². The van der Waals surface area contributed by atoms with Crippen LogP contribution in [0.3, 0.4) is 0 Å². The molecule has 0 unspecified atom stereocenters. The number of nitrogens with one attached hydrogen (secondary N) is 4. The van der Waals surface area contributed by atoms with Crippen molar-refractivity contribution in [1.29, 1.82) is 0 Å². The van der Waals surface area contributed by atoms with Crippen molar-refractivity contribution < 1.29 is 19.4 Å². The number of amides is 2. The van der Waals surface area contributed by atoms with Crippen LogP contribution in [0.15, 0.2) is 36.4 Å². The van der Waals surface area contributed by atoms with Crippen LogP contribution in [0.5, 0.6) is 0 Å². The Morgan fingerprint density at radius 3 is 2.44 bits per heavy atom. The molecule has 0 saturated carbocycles. The first-order valence-corrected chi connectivity index (χ1v) is 10.0. The second-order valence-corrected chi connectivity index (χ2v) is 7.27. The number of hydrogen-bond acceptors (Lipinski definition) is 2. The number of rotatable bonds is 9. The highest BCUT2D eigenvalue weighted by Crippen LogP contribution is 1.99. The van der Waals surface area contributed by atoms with Gasteiger partial charge in [-0.25, -0.2) is 0 Å². The average molecular weight is 375 g/mol. The molecule has 4 N–H and O–H groups in total. The van der Waals surface area contributed by atoms with Gasteiger partial charge in [0.2, 0.25) is 5.91 Å². The van der Waals surface area contributed by atoms with Crippen molar-refractivity contribution in [2.45, 2.75) is 26.3 Å². The third-order valence-corrected chi connectivity index (χ3v) is 4.91. The molecule has 1 aliphatic rings. The highest BCUT2D eigenvalue weighted by Gasteiger charge is 2.25. The van der Waals surface area contributed by atoms with E-state index in [1.807, 2.05) is 25.1 Å². The van der Waals surface area contributed by atoms with E-state index in [2.05, 4.69) is 34.9 Å². The first-order valence-electron chi connectivity index (χ1n) is 10.0. The number of hydrogen-bond donors (Lipinski definition) is 4. The Morgan fingerprint density at radius 1 is 1.11 bits per heavy atom. The lowest BCUT2D eigenvalue weighted by Crippen LogP contribution is -3.28. The van der Waals surface area contributed by atoms with Gasteiger partial charge in [0.05, 0.1) is 6.54 Å². The van der Waals surface area contributed by atoms with Crippen LogP contribution < -0.4 is 20.4 Å². The molecule has 0 aliphatic carbocycles. The zero-order chi connectivity index (χ0) is 19.5. The average Bonchev–Trinajstić information content (AvgIpc) is 2.68. The molecule has 6 heteroatoms. The minimum absolute atomic E-state index is 0.0448. The summed E-state index contributed by atoms with van der Waals surface area (Å²) >= 11 is 0. The molecule has 27 heavy (non-hydrogen) atoms. The van der Waals surface area contributed by atoms with Crippen molar-refractivity contribution in [2.75, 3.05) is 45.8 Å². The molecule has 1 heterocycles. The maximum Gasteiger partial charge on any atom is 0.275 e. The summed E-state index contributed by atoms with van der Waals surface area (Å²) in [6, 6.07) is 9.87. The number of carbonyl (C=O) groups excluding carboxylic acids is 2. The van der Waals surface area contributed by atoms with Gasteiger partial charge in [0, 0.05) is 6.54 Å². The molecule has 0 bridgehead atoms. The van der Waals surface area contributed by atoms with E-state index >= 15 is 0 Å². The van der Waals surface area contributed by atoms with Gasteiger partial charge in [-0.1, -0.05) is 43.3 Å². The first-order chi connectivity index (χ1) is 13.1. The van der Waals surface area contributed by atoms with Gasteiger partial charge in [-0.05, 0) is 25.0 Å². The molecule has 0 spiro atoms. The highest BCUT2D eigenvalue weighted by molar-refractivity contribution is 5.87. The Morgan fingerprint density at radius 2 is 1.78 bits per heavy atom. The van der Waals surface area contributed by atoms with Crippen LogP contribution in [-0.2, 0) is 9.59 Å². The summed E-state index contributed by atoms with van der Waals surface area (Å²) in [6.45, 7) is 9.94. The van der Waals surface area contributed by atoms with Crippen LogP contribution in [-0.4, -0.2) is 63.7 Å². The van der Waals surface area contributed by atoms with E-state index < -0.39 is 6.04 Å². The van der Waals surface area contributed by atoms with Crippen LogP contribution in [0.2, 0.25) is 0 Å². The van der Waals surface area contributed by atoms with Gasteiger partial charge in [-0.2, -0.15) is 0 Å². The van der Waals surface area contributed by atoms with Crippen molar-refractivity contribution in [2.24, 2.45) is 0 Å². The van der Waals surface area contributed by atoms with E-state index in [1.54, 1.807) is 11.8 Å². The molecular weight excluding hydrogens is 340 g/mol. The van der Waals surface area contributed by atoms with Gasteiger partial charge < -0.3 is 20.4 Å². The third-order valence-electron chi connectivity index (χ3n) is 4.91. The van der Waals surface area contributed by atoms with Crippen LogP contribution >= 0.6 is 0 Å². The fraction of sp³-hybridized carbons (Fsp3) is 0.524. The van der Waals surface area contributed by atoms with E-state index in [0.717, 1.165) is 39.1 Å². The summed E-state index contributed by atoms with van der Waals surface area (Å²) < 4.78 is 0. The fourth-order valence-corrected chi connectivity index (χ4v) is 3.25. The Kier molecular flexibility index (Phi) is 9.01. The number of piperazine rings is 1. The molecule has 0 radical (unpaired) electrons. The molecule has 1 aromatic carbocycles.